The summed E-state index contributed by atoms with van der Waals surface area (Å²) in [5.41, 5.74) is 4.06. The van der Waals surface area contributed by atoms with Gasteiger partial charge in [0.05, 0.1) is 0 Å². The number of rotatable bonds is 0. The second-order valence-corrected chi connectivity index (χ2v) is 2.67. The van der Waals surface area contributed by atoms with Gasteiger partial charge in [0.15, 0.2) is 0 Å². The van der Waals surface area contributed by atoms with Gasteiger partial charge in [0.25, 0.3) is 0 Å². The van der Waals surface area contributed by atoms with Crippen LogP contribution in [0.2, 0.25) is 0 Å². The van der Waals surface area contributed by atoms with E-state index < -0.39 is 0 Å². The van der Waals surface area contributed by atoms with Crippen molar-refractivity contribution in [1.29, 1.82) is 0 Å². The van der Waals surface area contributed by atoms with E-state index in [0.29, 0.717) is 0 Å². The number of aryl methyl sites for hydroxylation is 3. The van der Waals surface area contributed by atoms with Crippen molar-refractivity contribution in [2.24, 2.45) is 0 Å². The number of hydrogen-bond acceptors (Lipinski definition) is 0. The Morgan fingerprint density at radius 3 is 1.00 bits per heavy atom. The Kier molecular flexibility index (Phi) is 12.5. The summed E-state index contributed by atoms with van der Waals surface area (Å²) in [6, 6.07) is 6.56. The van der Waals surface area contributed by atoms with Crippen LogP contribution in [0.4, 0.5) is 0 Å². The molecule has 0 aliphatic rings. The zero-order valence-corrected chi connectivity index (χ0v) is 10.6. The zero-order valence-electron chi connectivity index (χ0n) is 7.70. The van der Waals surface area contributed by atoms with Crippen LogP contribution in [0.1, 0.15) is 16.7 Å². The molecule has 12 heavy (non-hydrogen) atoms. The first-order chi connectivity index (χ1) is 4.18. The zero-order chi connectivity index (χ0) is 6.85. The molecule has 0 aliphatic heterocycles. The quantitative estimate of drug-likeness (QED) is 0.390. The summed E-state index contributed by atoms with van der Waals surface area (Å²) in [4.78, 5) is 0. The molecule has 3 heteroatoms. The summed E-state index contributed by atoms with van der Waals surface area (Å²) in [7, 11) is 0. The van der Waals surface area contributed by atoms with Gasteiger partial charge in [-0.1, -0.05) is 34.9 Å². The minimum Gasteiger partial charge on any atom is -1.00 e. The van der Waals surface area contributed by atoms with Crippen LogP contribution in [0.15, 0.2) is 18.2 Å². The van der Waals surface area contributed by atoms with Gasteiger partial charge in [-0.15, -0.1) is 0 Å². The molecule has 0 unspecified atom stereocenters. The maximum absolute atomic E-state index is 2.19. The second-order valence-electron chi connectivity index (χ2n) is 2.67. The monoisotopic (exact) mass is 214 g/mol. The Balaban J connectivity index is -0.000000270. The summed E-state index contributed by atoms with van der Waals surface area (Å²) < 4.78 is 0. The van der Waals surface area contributed by atoms with E-state index in [1.54, 1.807) is 0 Å². The van der Waals surface area contributed by atoms with Gasteiger partial charge < -0.3 is 24.8 Å². The van der Waals surface area contributed by atoms with Crippen LogP contribution in [-0.4, -0.2) is 23.1 Å². The minimum atomic E-state index is 0. The number of halogens is 2. The predicted octanol–water partition coefficient (Wildman–Crippen LogP) is -3.76. The van der Waals surface area contributed by atoms with Crippen LogP contribution >= 0.6 is 0 Å². The normalized spacial score (nSPS) is 7.25. The van der Waals surface area contributed by atoms with Gasteiger partial charge in [-0.05, 0) is 20.8 Å². The molecule has 0 fully saturated rings. The Labute approximate surface area is 103 Å². The van der Waals surface area contributed by atoms with E-state index in [-0.39, 0.29) is 47.9 Å². The third kappa shape index (κ3) is 6.12. The van der Waals surface area contributed by atoms with Crippen LogP contribution in [-0.2, 0) is 0 Å². The molecule has 0 amide bonds. The molecule has 0 saturated carbocycles. The van der Waals surface area contributed by atoms with Crippen molar-refractivity contribution in [2.75, 3.05) is 0 Å². The predicted molar refractivity (Wildman–Crippen MR) is 46.4 cm³/mol. The van der Waals surface area contributed by atoms with E-state index in [1.165, 1.54) is 16.7 Å². The molecule has 0 saturated heterocycles. The molecule has 0 aromatic heterocycles. The van der Waals surface area contributed by atoms with Crippen molar-refractivity contribution in [2.45, 2.75) is 20.8 Å². The fourth-order valence-corrected chi connectivity index (χ4v) is 1.20. The topological polar surface area (TPSA) is 0 Å². The van der Waals surface area contributed by atoms with Crippen LogP contribution in [0.25, 0.3) is 0 Å². The molecule has 0 aliphatic carbocycles. The van der Waals surface area contributed by atoms with Gasteiger partial charge in [0, 0.05) is 0 Å². The minimum absolute atomic E-state index is 0. The summed E-state index contributed by atoms with van der Waals surface area (Å²) in [5, 5.41) is 0. The molecule has 64 valence electrons. The number of hydrogen-bond donors (Lipinski definition) is 0. The molecule has 0 N–H and O–H groups in total. The molecular weight excluding hydrogens is 203 g/mol. The van der Waals surface area contributed by atoms with E-state index in [0.717, 1.165) is 0 Å². The Bertz CT molecular complexity index is 173. The molecule has 1 aromatic carbocycles. The van der Waals surface area contributed by atoms with E-state index in [1.807, 2.05) is 0 Å². The smallest absolute Gasteiger partial charge is 1.00 e. The summed E-state index contributed by atoms with van der Waals surface area (Å²) in [5.74, 6) is 0. The first-order valence-corrected chi connectivity index (χ1v) is 3.23. The van der Waals surface area contributed by atoms with Gasteiger partial charge in [-0.2, -0.15) is 0 Å². The van der Waals surface area contributed by atoms with Crippen molar-refractivity contribution in [3.63, 3.8) is 0 Å². The number of benzene rings is 1. The van der Waals surface area contributed by atoms with Crippen molar-refractivity contribution in [3.05, 3.63) is 34.9 Å². The molecule has 0 nitrogen and oxygen atoms in total. The Morgan fingerprint density at radius 1 is 0.667 bits per heavy atom. The first-order valence-electron chi connectivity index (χ1n) is 3.23. The average molecular weight is 215 g/mol. The third-order valence-electron chi connectivity index (χ3n) is 1.37. The SMILES string of the molecule is Cc1cc(C)cc(C)c1.[Cl-].[Cl-].[Mg+2]. The van der Waals surface area contributed by atoms with Gasteiger partial charge >= 0.3 is 23.1 Å². The van der Waals surface area contributed by atoms with Crippen molar-refractivity contribution < 1.29 is 24.8 Å². The summed E-state index contributed by atoms with van der Waals surface area (Å²) >= 11 is 0. The fraction of sp³-hybridized carbons (Fsp3) is 0.333. The first kappa shape index (κ1) is 18.4. The standard InChI is InChI=1S/C9H12.2ClH.Mg/c1-7-4-8(2)6-9(3)5-7;;;/h4-6H,1-3H3;2*1H;/q;;;+2/p-2. The second kappa shape index (κ2) is 8.18. The van der Waals surface area contributed by atoms with E-state index in [9.17, 15) is 0 Å². The maximum atomic E-state index is 2.19. The van der Waals surface area contributed by atoms with E-state index in [4.69, 9.17) is 0 Å². The summed E-state index contributed by atoms with van der Waals surface area (Å²) in [6.07, 6.45) is 0. The molecule has 1 aromatic rings. The summed E-state index contributed by atoms with van der Waals surface area (Å²) in [6.45, 7) is 6.38. The Hall–Kier alpha value is 0.566. The van der Waals surface area contributed by atoms with Crippen LogP contribution in [0.3, 0.4) is 0 Å². The van der Waals surface area contributed by atoms with Gasteiger partial charge in [-0.3, -0.25) is 0 Å². The Morgan fingerprint density at radius 2 is 0.833 bits per heavy atom. The molecular formula is C9H12Cl2Mg. The van der Waals surface area contributed by atoms with E-state index in [2.05, 4.69) is 39.0 Å². The molecule has 0 bridgehead atoms. The third-order valence-corrected chi connectivity index (χ3v) is 1.37. The fourth-order valence-electron chi connectivity index (χ4n) is 1.20. The van der Waals surface area contributed by atoms with Crippen LogP contribution in [0.5, 0.6) is 0 Å². The van der Waals surface area contributed by atoms with Crippen molar-refractivity contribution >= 4 is 23.1 Å². The van der Waals surface area contributed by atoms with Gasteiger partial charge in [0.2, 0.25) is 0 Å². The molecule has 0 atom stereocenters. The maximum Gasteiger partial charge on any atom is 2.00 e. The van der Waals surface area contributed by atoms with Crippen LogP contribution < -0.4 is 24.8 Å². The largest absolute Gasteiger partial charge is 2.00 e. The van der Waals surface area contributed by atoms with Crippen LogP contribution in [0, 0.1) is 20.8 Å². The van der Waals surface area contributed by atoms with Gasteiger partial charge in [-0.25, -0.2) is 0 Å². The van der Waals surface area contributed by atoms with Crippen molar-refractivity contribution in [1.82, 2.24) is 0 Å². The molecule has 0 spiro atoms. The average Bonchev–Trinajstić information content (AvgIpc) is 1.59. The molecule has 1 rings (SSSR count). The van der Waals surface area contributed by atoms with E-state index >= 15 is 0 Å². The van der Waals surface area contributed by atoms with Gasteiger partial charge in [0.1, 0.15) is 0 Å². The molecule has 0 heterocycles. The molecule has 0 radical (unpaired) electrons. The van der Waals surface area contributed by atoms with Crippen molar-refractivity contribution in [3.8, 4) is 0 Å².